The minimum atomic E-state index is -4.34. The second-order valence-corrected chi connectivity index (χ2v) is 9.95. The average Bonchev–Trinajstić information content (AvgIpc) is 3.19. The van der Waals surface area contributed by atoms with Gasteiger partial charge in [0.25, 0.3) is 0 Å². The molecule has 1 N–H and O–H groups in total. The maximum absolute atomic E-state index is 12.6. The van der Waals surface area contributed by atoms with Gasteiger partial charge in [-0.15, -0.1) is 11.3 Å². The van der Waals surface area contributed by atoms with E-state index in [1.807, 2.05) is 25.1 Å². The number of aryl methyl sites for hydroxylation is 1. The van der Waals surface area contributed by atoms with E-state index in [1.165, 1.54) is 12.1 Å². The summed E-state index contributed by atoms with van der Waals surface area (Å²) in [5.74, 6) is 1.13. The Morgan fingerprint density at radius 3 is 2.40 bits per heavy atom. The zero-order chi connectivity index (χ0) is 25.0. The van der Waals surface area contributed by atoms with Crippen molar-refractivity contribution in [2.24, 2.45) is 0 Å². The first-order chi connectivity index (χ1) is 16.7. The van der Waals surface area contributed by atoms with Crippen LogP contribution in [0.5, 0.6) is 11.5 Å². The van der Waals surface area contributed by atoms with Gasteiger partial charge in [-0.25, -0.2) is 4.98 Å². The quantitative estimate of drug-likeness (QED) is 0.419. The Bertz CT molecular complexity index is 1100. The third kappa shape index (κ3) is 6.84. The number of halogens is 3. The molecule has 10 heteroatoms. The predicted octanol–water partition coefficient (Wildman–Crippen LogP) is 4.80. The van der Waals surface area contributed by atoms with Gasteiger partial charge in [-0.1, -0.05) is 0 Å². The van der Waals surface area contributed by atoms with E-state index in [2.05, 4.69) is 14.8 Å². The zero-order valence-corrected chi connectivity index (χ0v) is 20.6. The van der Waals surface area contributed by atoms with E-state index >= 15 is 0 Å². The van der Waals surface area contributed by atoms with Crippen molar-refractivity contribution in [1.82, 2.24) is 14.8 Å². The number of rotatable bonds is 9. The number of alkyl halides is 3. The summed E-state index contributed by atoms with van der Waals surface area (Å²) in [7, 11) is 0. The highest BCUT2D eigenvalue weighted by Crippen LogP contribution is 2.30. The molecule has 1 aliphatic heterocycles. The molecule has 0 amide bonds. The Balaban J connectivity index is 1.21. The van der Waals surface area contributed by atoms with Gasteiger partial charge in [0.05, 0.1) is 27.4 Å². The molecule has 2 aromatic carbocycles. The fourth-order valence-corrected chi connectivity index (χ4v) is 4.98. The van der Waals surface area contributed by atoms with E-state index < -0.39 is 24.1 Å². The van der Waals surface area contributed by atoms with Crippen LogP contribution in [-0.4, -0.2) is 71.6 Å². The smallest absolute Gasteiger partial charge is 0.416 e. The molecule has 0 spiro atoms. The van der Waals surface area contributed by atoms with Crippen molar-refractivity contribution in [1.29, 1.82) is 0 Å². The molecule has 0 radical (unpaired) electrons. The van der Waals surface area contributed by atoms with E-state index in [4.69, 9.17) is 9.47 Å². The van der Waals surface area contributed by atoms with Gasteiger partial charge in [-0.3, -0.25) is 4.90 Å². The van der Waals surface area contributed by atoms with Gasteiger partial charge in [0, 0.05) is 38.8 Å². The van der Waals surface area contributed by atoms with Crippen LogP contribution in [0.2, 0.25) is 0 Å². The Kier molecular flexibility index (Phi) is 8.16. The number of hydrogen-bond donors (Lipinski definition) is 1. The Morgan fingerprint density at radius 2 is 1.74 bits per heavy atom. The molecule has 4 rings (SSSR count). The highest BCUT2D eigenvalue weighted by molar-refractivity contribution is 7.18. The summed E-state index contributed by atoms with van der Waals surface area (Å²) in [6, 6.07) is 10.6. The maximum Gasteiger partial charge on any atom is 0.416 e. The van der Waals surface area contributed by atoms with Crippen LogP contribution in [-0.2, 0) is 6.18 Å². The van der Waals surface area contributed by atoms with Crippen molar-refractivity contribution in [3.63, 3.8) is 0 Å². The third-order valence-corrected chi connectivity index (χ3v) is 6.92. The van der Waals surface area contributed by atoms with Crippen molar-refractivity contribution in [3.05, 3.63) is 53.0 Å². The first-order valence-corrected chi connectivity index (χ1v) is 12.5. The molecule has 35 heavy (non-hydrogen) atoms. The minimum absolute atomic E-state index is 0.434. The standard InChI is InChI=1S/C25H30F3N3O3S/c1-17(32)24(34-21-8-9-23-22(16-21)29-18(2)35-23)31-13-11-30(12-14-31)10-3-15-33-20-6-4-19(5-7-20)25(26,27)28/h4-9,16-17,24,32H,3,10-15H2,1-2H3/t17-,24?/m1/s1. The Labute approximate surface area is 206 Å². The van der Waals surface area contributed by atoms with Gasteiger partial charge in [0.1, 0.15) is 17.6 Å². The molecule has 190 valence electrons. The first kappa shape index (κ1) is 25.7. The number of thiazole rings is 1. The van der Waals surface area contributed by atoms with Gasteiger partial charge in [-0.05, 0) is 56.7 Å². The van der Waals surface area contributed by atoms with Crippen molar-refractivity contribution >= 4 is 21.6 Å². The number of piperazine rings is 1. The summed E-state index contributed by atoms with van der Waals surface area (Å²) in [4.78, 5) is 8.98. The summed E-state index contributed by atoms with van der Waals surface area (Å²) < 4.78 is 50.8. The van der Waals surface area contributed by atoms with Crippen LogP contribution in [0.4, 0.5) is 13.2 Å². The molecule has 2 atom stereocenters. The second kappa shape index (κ2) is 11.1. The van der Waals surface area contributed by atoms with Crippen LogP contribution in [0.25, 0.3) is 10.2 Å². The van der Waals surface area contributed by atoms with Crippen molar-refractivity contribution in [2.45, 2.75) is 38.8 Å². The van der Waals surface area contributed by atoms with Gasteiger partial charge >= 0.3 is 6.18 Å². The molecule has 0 bridgehead atoms. The molecule has 0 aliphatic carbocycles. The molecular formula is C25H30F3N3O3S. The molecule has 1 aromatic heterocycles. The summed E-state index contributed by atoms with van der Waals surface area (Å²) in [6.07, 6.45) is -4.68. The fraction of sp³-hybridized carbons (Fsp3) is 0.480. The summed E-state index contributed by atoms with van der Waals surface area (Å²) >= 11 is 1.64. The number of hydrogen-bond acceptors (Lipinski definition) is 7. The Hall–Kier alpha value is -2.40. The highest BCUT2D eigenvalue weighted by atomic mass is 32.1. The highest BCUT2D eigenvalue weighted by Gasteiger charge is 2.30. The number of aromatic nitrogens is 1. The SMILES string of the molecule is Cc1nc2cc(OC([C@@H](C)O)N3CCN(CCCOc4ccc(C(F)(F)F)cc4)CC3)ccc2s1. The predicted molar refractivity (Wildman–Crippen MR) is 130 cm³/mol. The minimum Gasteiger partial charge on any atom is -0.494 e. The Morgan fingerprint density at radius 1 is 1.06 bits per heavy atom. The van der Waals surface area contributed by atoms with Gasteiger partial charge < -0.3 is 19.5 Å². The molecule has 0 saturated carbocycles. The third-order valence-electron chi connectivity index (χ3n) is 5.97. The summed E-state index contributed by atoms with van der Waals surface area (Å²) in [6.45, 7) is 8.15. The van der Waals surface area contributed by atoms with Crippen molar-refractivity contribution in [3.8, 4) is 11.5 Å². The van der Waals surface area contributed by atoms with Gasteiger partial charge in [0.15, 0.2) is 6.23 Å². The van der Waals surface area contributed by atoms with Gasteiger partial charge in [-0.2, -0.15) is 13.2 Å². The number of nitrogens with zero attached hydrogens (tertiary/aromatic N) is 3. The lowest BCUT2D eigenvalue weighted by Crippen LogP contribution is -2.55. The van der Waals surface area contributed by atoms with Crippen LogP contribution in [0, 0.1) is 6.92 Å². The molecular weight excluding hydrogens is 479 g/mol. The number of benzene rings is 2. The van der Waals surface area contributed by atoms with Crippen LogP contribution in [0.3, 0.4) is 0 Å². The van der Waals surface area contributed by atoms with Crippen LogP contribution in [0.15, 0.2) is 42.5 Å². The van der Waals surface area contributed by atoms with Crippen LogP contribution in [0.1, 0.15) is 23.9 Å². The maximum atomic E-state index is 12.6. The lowest BCUT2D eigenvalue weighted by Gasteiger charge is -2.40. The summed E-state index contributed by atoms with van der Waals surface area (Å²) in [5, 5.41) is 11.4. The van der Waals surface area contributed by atoms with Gasteiger partial charge in [0.2, 0.25) is 0 Å². The number of ether oxygens (including phenoxy) is 2. The van der Waals surface area contributed by atoms with E-state index in [-0.39, 0.29) is 0 Å². The molecule has 1 aliphatic rings. The molecule has 6 nitrogen and oxygen atoms in total. The van der Waals surface area contributed by atoms with Crippen LogP contribution < -0.4 is 9.47 Å². The molecule has 2 heterocycles. The largest absolute Gasteiger partial charge is 0.494 e. The lowest BCUT2D eigenvalue weighted by atomic mass is 10.2. The first-order valence-electron chi connectivity index (χ1n) is 11.7. The van der Waals surface area contributed by atoms with Crippen molar-refractivity contribution < 1.29 is 27.8 Å². The second-order valence-electron chi connectivity index (χ2n) is 8.71. The van der Waals surface area contributed by atoms with Crippen molar-refractivity contribution in [2.75, 3.05) is 39.3 Å². The molecule has 1 saturated heterocycles. The molecule has 3 aromatic rings. The number of aliphatic hydroxyl groups excluding tert-OH is 1. The monoisotopic (exact) mass is 509 g/mol. The summed E-state index contributed by atoms with van der Waals surface area (Å²) in [5.41, 5.74) is 0.221. The van der Waals surface area contributed by atoms with Crippen LogP contribution >= 0.6 is 11.3 Å². The van der Waals surface area contributed by atoms with E-state index in [1.54, 1.807) is 18.3 Å². The fourth-order valence-electron chi connectivity index (χ4n) is 4.17. The topological polar surface area (TPSA) is 58.1 Å². The zero-order valence-electron chi connectivity index (χ0n) is 19.8. The normalized spacial score (nSPS) is 17.4. The molecule has 1 fully saturated rings. The van der Waals surface area contributed by atoms with E-state index in [0.717, 1.165) is 66.5 Å². The number of aliphatic hydroxyl groups is 1. The molecule has 1 unspecified atom stereocenters. The average molecular weight is 510 g/mol. The number of fused-ring (bicyclic) bond motifs is 1. The van der Waals surface area contributed by atoms with E-state index in [9.17, 15) is 18.3 Å². The van der Waals surface area contributed by atoms with E-state index in [0.29, 0.717) is 18.1 Å². The lowest BCUT2D eigenvalue weighted by molar-refractivity contribution is -0.137.